The first-order valence-corrected chi connectivity index (χ1v) is 8.43. The maximum atomic E-state index is 3.73. The van der Waals surface area contributed by atoms with E-state index in [2.05, 4.69) is 56.9 Å². The minimum atomic E-state index is 0.351. The van der Waals surface area contributed by atoms with Gasteiger partial charge in [0.25, 0.3) is 0 Å². The second-order valence-corrected chi connectivity index (χ2v) is 7.84. The van der Waals surface area contributed by atoms with Crippen LogP contribution in [-0.2, 0) is 0 Å². The zero-order valence-electron chi connectivity index (χ0n) is 14.7. The van der Waals surface area contributed by atoms with E-state index in [0.717, 1.165) is 12.5 Å². The lowest BCUT2D eigenvalue weighted by atomic mass is 9.84. The third kappa shape index (κ3) is 6.55. The molecular formula is C17H37N3. The molecule has 0 aromatic carbocycles. The normalized spacial score (nSPS) is 22.6. The lowest BCUT2D eigenvalue weighted by Gasteiger charge is -2.33. The predicted octanol–water partition coefficient (Wildman–Crippen LogP) is 2.67. The molecule has 0 saturated carbocycles. The molecule has 20 heavy (non-hydrogen) atoms. The highest BCUT2D eigenvalue weighted by Crippen LogP contribution is 2.22. The number of nitrogens with one attached hydrogen (secondary N) is 1. The smallest absolute Gasteiger partial charge is 0.0128 e. The van der Waals surface area contributed by atoms with Crippen LogP contribution in [0.25, 0.3) is 0 Å². The van der Waals surface area contributed by atoms with Gasteiger partial charge in [0.1, 0.15) is 0 Å². The third-order valence-corrected chi connectivity index (χ3v) is 4.54. The van der Waals surface area contributed by atoms with Crippen LogP contribution in [0.15, 0.2) is 0 Å². The summed E-state index contributed by atoms with van der Waals surface area (Å²) in [6.07, 6.45) is 3.84. The van der Waals surface area contributed by atoms with Crippen molar-refractivity contribution < 1.29 is 0 Å². The Morgan fingerprint density at radius 1 is 1.35 bits per heavy atom. The molecule has 0 aromatic rings. The molecule has 1 fully saturated rings. The van der Waals surface area contributed by atoms with Crippen molar-refractivity contribution in [1.29, 1.82) is 0 Å². The van der Waals surface area contributed by atoms with E-state index >= 15 is 0 Å². The first kappa shape index (κ1) is 17.9. The third-order valence-electron chi connectivity index (χ3n) is 4.54. The van der Waals surface area contributed by atoms with Crippen LogP contribution in [0.5, 0.6) is 0 Å². The van der Waals surface area contributed by atoms with Gasteiger partial charge in [0.15, 0.2) is 0 Å². The summed E-state index contributed by atoms with van der Waals surface area (Å²) in [6, 6.07) is 0.621. The maximum absolute atomic E-state index is 3.73. The van der Waals surface area contributed by atoms with Crippen molar-refractivity contribution in [2.24, 2.45) is 11.3 Å². The fourth-order valence-corrected chi connectivity index (χ4v) is 3.22. The van der Waals surface area contributed by atoms with Gasteiger partial charge in [-0.1, -0.05) is 27.7 Å². The molecule has 1 heterocycles. The lowest BCUT2D eigenvalue weighted by Crippen LogP contribution is -2.43. The standard InChI is InChI=1S/C17H37N3/c1-7-10-18-16(17(2,3)4)9-12-20(6)14-15-8-11-19(5)13-15/h15-16,18H,7-14H2,1-6H3. The van der Waals surface area contributed by atoms with E-state index in [4.69, 9.17) is 0 Å². The molecule has 2 unspecified atom stereocenters. The lowest BCUT2D eigenvalue weighted by molar-refractivity contribution is 0.208. The Bertz CT molecular complexity index is 259. The highest BCUT2D eigenvalue weighted by Gasteiger charge is 2.25. The summed E-state index contributed by atoms with van der Waals surface area (Å²) in [6.45, 7) is 15.5. The molecule has 0 radical (unpaired) electrons. The van der Waals surface area contributed by atoms with E-state index in [0.29, 0.717) is 11.5 Å². The van der Waals surface area contributed by atoms with Crippen LogP contribution in [0, 0.1) is 11.3 Å². The quantitative estimate of drug-likeness (QED) is 0.739. The van der Waals surface area contributed by atoms with E-state index in [1.807, 2.05) is 0 Å². The van der Waals surface area contributed by atoms with Crippen molar-refractivity contribution in [2.45, 2.75) is 53.0 Å². The van der Waals surface area contributed by atoms with Crippen LogP contribution < -0.4 is 5.32 Å². The number of rotatable bonds is 8. The van der Waals surface area contributed by atoms with Crippen LogP contribution in [0.1, 0.15) is 47.0 Å². The van der Waals surface area contributed by atoms with Crippen LogP contribution in [0.3, 0.4) is 0 Å². The van der Waals surface area contributed by atoms with Gasteiger partial charge in [-0.25, -0.2) is 0 Å². The van der Waals surface area contributed by atoms with Gasteiger partial charge in [-0.05, 0) is 64.3 Å². The number of hydrogen-bond donors (Lipinski definition) is 1. The first-order valence-electron chi connectivity index (χ1n) is 8.43. The first-order chi connectivity index (χ1) is 9.32. The van der Waals surface area contributed by atoms with Gasteiger partial charge in [-0.3, -0.25) is 0 Å². The molecule has 1 aliphatic heterocycles. The molecule has 1 rings (SSSR count). The fourth-order valence-electron chi connectivity index (χ4n) is 3.22. The Balaban J connectivity index is 2.30. The van der Waals surface area contributed by atoms with E-state index in [9.17, 15) is 0 Å². The van der Waals surface area contributed by atoms with Crippen molar-refractivity contribution in [1.82, 2.24) is 15.1 Å². The Morgan fingerprint density at radius 2 is 2.05 bits per heavy atom. The van der Waals surface area contributed by atoms with Crippen molar-refractivity contribution in [2.75, 3.05) is 46.8 Å². The topological polar surface area (TPSA) is 18.5 Å². The monoisotopic (exact) mass is 283 g/mol. The number of nitrogens with zero attached hydrogens (tertiary/aromatic N) is 2. The van der Waals surface area contributed by atoms with Gasteiger partial charge in [-0.2, -0.15) is 0 Å². The summed E-state index contributed by atoms with van der Waals surface area (Å²) >= 11 is 0. The van der Waals surface area contributed by atoms with Gasteiger partial charge in [0.05, 0.1) is 0 Å². The molecule has 1 N–H and O–H groups in total. The minimum absolute atomic E-state index is 0.351. The number of hydrogen-bond acceptors (Lipinski definition) is 3. The summed E-state index contributed by atoms with van der Waals surface area (Å²) in [5, 5.41) is 3.73. The molecule has 3 nitrogen and oxygen atoms in total. The van der Waals surface area contributed by atoms with E-state index in [1.165, 1.54) is 45.4 Å². The molecule has 1 saturated heterocycles. The zero-order chi connectivity index (χ0) is 15.2. The molecule has 3 heteroatoms. The number of likely N-dealkylation sites (tertiary alicyclic amines) is 1. The van der Waals surface area contributed by atoms with Crippen molar-refractivity contribution >= 4 is 0 Å². The predicted molar refractivity (Wildman–Crippen MR) is 89.3 cm³/mol. The van der Waals surface area contributed by atoms with Gasteiger partial charge in [0.2, 0.25) is 0 Å². The van der Waals surface area contributed by atoms with E-state index in [1.54, 1.807) is 0 Å². The maximum Gasteiger partial charge on any atom is 0.0128 e. The molecule has 0 aromatic heterocycles. The largest absolute Gasteiger partial charge is 0.313 e. The highest BCUT2D eigenvalue weighted by molar-refractivity contribution is 4.82. The molecule has 0 aliphatic carbocycles. The molecular weight excluding hydrogens is 246 g/mol. The Hall–Kier alpha value is -0.120. The van der Waals surface area contributed by atoms with Crippen molar-refractivity contribution in [3.63, 3.8) is 0 Å². The average Bonchev–Trinajstić information content (AvgIpc) is 2.73. The molecule has 0 amide bonds. The molecule has 0 spiro atoms. The second kappa shape index (κ2) is 8.35. The second-order valence-electron chi connectivity index (χ2n) is 7.84. The summed E-state index contributed by atoms with van der Waals surface area (Å²) in [7, 11) is 4.53. The van der Waals surface area contributed by atoms with Crippen LogP contribution >= 0.6 is 0 Å². The van der Waals surface area contributed by atoms with Crippen LogP contribution in [0.2, 0.25) is 0 Å². The SMILES string of the molecule is CCCNC(CCN(C)CC1CCN(C)C1)C(C)(C)C. The van der Waals surface area contributed by atoms with Gasteiger partial charge >= 0.3 is 0 Å². The van der Waals surface area contributed by atoms with Crippen molar-refractivity contribution in [3.05, 3.63) is 0 Å². The molecule has 2 atom stereocenters. The summed E-state index contributed by atoms with van der Waals surface area (Å²) < 4.78 is 0. The Kier molecular flexibility index (Phi) is 7.49. The molecule has 120 valence electrons. The van der Waals surface area contributed by atoms with Crippen LogP contribution in [0.4, 0.5) is 0 Å². The summed E-state index contributed by atoms with van der Waals surface area (Å²) in [5.74, 6) is 0.877. The molecule has 0 bridgehead atoms. The van der Waals surface area contributed by atoms with Crippen molar-refractivity contribution in [3.8, 4) is 0 Å². The van der Waals surface area contributed by atoms with E-state index < -0.39 is 0 Å². The Labute approximate surface area is 127 Å². The summed E-state index contributed by atoms with van der Waals surface area (Å²) in [5.41, 5.74) is 0.351. The fraction of sp³-hybridized carbons (Fsp3) is 1.00. The minimum Gasteiger partial charge on any atom is -0.313 e. The van der Waals surface area contributed by atoms with Crippen LogP contribution in [-0.4, -0.2) is 62.7 Å². The highest BCUT2D eigenvalue weighted by atomic mass is 15.1. The summed E-state index contributed by atoms with van der Waals surface area (Å²) in [4.78, 5) is 5.00. The van der Waals surface area contributed by atoms with Gasteiger partial charge in [-0.15, -0.1) is 0 Å². The Morgan fingerprint density at radius 3 is 2.55 bits per heavy atom. The zero-order valence-corrected chi connectivity index (χ0v) is 14.7. The van der Waals surface area contributed by atoms with Gasteiger partial charge < -0.3 is 15.1 Å². The van der Waals surface area contributed by atoms with Gasteiger partial charge in [0, 0.05) is 19.1 Å². The average molecular weight is 284 g/mol. The molecule has 1 aliphatic rings. The van der Waals surface area contributed by atoms with E-state index in [-0.39, 0.29) is 0 Å².